The van der Waals surface area contributed by atoms with E-state index in [0.717, 1.165) is 37.0 Å². The van der Waals surface area contributed by atoms with Crippen molar-refractivity contribution < 1.29 is 14.6 Å². The summed E-state index contributed by atoms with van der Waals surface area (Å²) in [6.45, 7) is 0.350. The molecule has 0 radical (unpaired) electrons. The Morgan fingerprint density at radius 2 is 2.00 bits per heavy atom. The Labute approximate surface area is 141 Å². The second-order valence-electron chi connectivity index (χ2n) is 6.49. The first-order chi connectivity index (χ1) is 11.5. The van der Waals surface area contributed by atoms with E-state index < -0.39 is 5.60 Å². The number of methoxy groups -OCH3 is 1. The number of carbonyl (C=O) groups excluding carboxylic acids is 1. The molecule has 0 bridgehead atoms. The van der Waals surface area contributed by atoms with Gasteiger partial charge in [-0.2, -0.15) is 5.10 Å². The second kappa shape index (κ2) is 6.65. The van der Waals surface area contributed by atoms with E-state index >= 15 is 0 Å². The molecule has 1 amide bonds. The fraction of sp³-hybridized carbons (Fsp3) is 0.444. The molecule has 128 valence electrons. The summed E-state index contributed by atoms with van der Waals surface area (Å²) in [4.78, 5) is 14.1. The molecule has 6 heteroatoms. The molecule has 1 aromatic carbocycles. The maximum absolute atomic E-state index is 12.5. The first kappa shape index (κ1) is 16.5. The van der Waals surface area contributed by atoms with Gasteiger partial charge >= 0.3 is 0 Å². The van der Waals surface area contributed by atoms with Crippen molar-refractivity contribution >= 4 is 5.91 Å². The van der Waals surface area contributed by atoms with Gasteiger partial charge in [0.15, 0.2) is 0 Å². The molecule has 1 aliphatic carbocycles. The van der Waals surface area contributed by atoms with Crippen LogP contribution in [0.25, 0.3) is 11.3 Å². The average molecular weight is 329 g/mol. The molecule has 2 N–H and O–H groups in total. The minimum atomic E-state index is -0.747. The van der Waals surface area contributed by atoms with Gasteiger partial charge in [-0.1, -0.05) is 12.8 Å². The van der Waals surface area contributed by atoms with Crippen LogP contribution in [0.5, 0.6) is 5.75 Å². The molecule has 1 aromatic heterocycles. The largest absolute Gasteiger partial charge is 0.497 e. The highest BCUT2D eigenvalue weighted by Crippen LogP contribution is 2.30. The van der Waals surface area contributed by atoms with E-state index in [9.17, 15) is 9.90 Å². The molecule has 0 saturated heterocycles. The number of nitrogens with one attached hydrogen (secondary N) is 1. The van der Waals surface area contributed by atoms with E-state index in [1.165, 1.54) is 0 Å². The maximum Gasteiger partial charge on any atom is 0.271 e. The van der Waals surface area contributed by atoms with Gasteiger partial charge in [-0.15, -0.1) is 0 Å². The van der Waals surface area contributed by atoms with E-state index in [-0.39, 0.29) is 5.91 Å². The number of ether oxygens (including phenoxy) is 1. The molecule has 0 atom stereocenters. The fourth-order valence-corrected chi connectivity index (χ4v) is 3.25. The summed E-state index contributed by atoms with van der Waals surface area (Å²) in [5.74, 6) is 0.609. The van der Waals surface area contributed by atoms with Gasteiger partial charge in [0, 0.05) is 19.2 Å². The van der Waals surface area contributed by atoms with Crippen molar-refractivity contribution in [2.45, 2.75) is 31.3 Å². The molecular formula is C18H23N3O3. The van der Waals surface area contributed by atoms with Crippen LogP contribution in [0, 0.1) is 0 Å². The summed E-state index contributed by atoms with van der Waals surface area (Å²) in [5, 5.41) is 17.5. The van der Waals surface area contributed by atoms with E-state index in [1.54, 1.807) is 25.1 Å². The van der Waals surface area contributed by atoms with Gasteiger partial charge in [0.25, 0.3) is 5.91 Å². The zero-order valence-corrected chi connectivity index (χ0v) is 14.1. The number of rotatable bonds is 5. The molecule has 24 heavy (non-hydrogen) atoms. The van der Waals surface area contributed by atoms with Gasteiger partial charge in [0.1, 0.15) is 11.4 Å². The first-order valence-corrected chi connectivity index (χ1v) is 8.18. The van der Waals surface area contributed by atoms with Crippen molar-refractivity contribution in [2.75, 3.05) is 20.7 Å². The molecule has 0 unspecified atom stereocenters. The Bertz CT molecular complexity index is 703. The third kappa shape index (κ3) is 3.43. The van der Waals surface area contributed by atoms with Crippen LogP contribution in [0.1, 0.15) is 36.2 Å². The van der Waals surface area contributed by atoms with Gasteiger partial charge in [-0.25, -0.2) is 0 Å². The van der Waals surface area contributed by atoms with Crippen molar-refractivity contribution in [1.82, 2.24) is 15.1 Å². The lowest BCUT2D eigenvalue weighted by atomic mass is 10.0. The minimum absolute atomic E-state index is 0.164. The molecule has 1 heterocycles. The normalized spacial score (nSPS) is 16.1. The third-order valence-electron chi connectivity index (χ3n) is 4.61. The molecule has 1 saturated carbocycles. The summed E-state index contributed by atoms with van der Waals surface area (Å²) in [7, 11) is 3.33. The Balaban J connectivity index is 1.70. The van der Waals surface area contributed by atoms with Crippen LogP contribution in [0.15, 0.2) is 30.3 Å². The zero-order valence-electron chi connectivity index (χ0n) is 14.1. The topological polar surface area (TPSA) is 78.5 Å². The Morgan fingerprint density at radius 3 is 2.62 bits per heavy atom. The number of benzene rings is 1. The van der Waals surface area contributed by atoms with E-state index in [0.29, 0.717) is 17.9 Å². The van der Waals surface area contributed by atoms with Crippen molar-refractivity contribution in [3.05, 3.63) is 36.0 Å². The summed E-state index contributed by atoms with van der Waals surface area (Å²) in [5.41, 5.74) is 1.28. The summed E-state index contributed by atoms with van der Waals surface area (Å²) >= 11 is 0. The summed E-state index contributed by atoms with van der Waals surface area (Å²) in [6.07, 6.45) is 3.55. The lowest BCUT2D eigenvalue weighted by molar-refractivity contribution is 0.0155. The molecule has 0 spiro atoms. The van der Waals surface area contributed by atoms with Crippen molar-refractivity contribution in [3.63, 3.8) is 0 Å². The molecule has 3 rings (SSSR count). The molecule has 1 aliphatic rings. The highest BCUT2D eigenvalue weighted by atomic mass is 16.5. The van der Waals surface area contributed by atoms with Crippen LogP contribution in [0.4, 0.5) is 0 Å². The number of hydrogen-bond donors (Lipinski definition) is 2. The Kier molecular flexibility index (Phi) is 4.57. The number of carbonyl (C=O) groups is 1. The molecule has 1 fully saturated rings. The predicted octanol–water partition coefficient (Wildman–Crippen LogP) is 2.46. The molecule has 0 aliphatic heterocycles. The molecular weight excluding hydrogens is 306 g/mol. The SMILES string of the molecule is COc1ccc(-c2cc(C(=O)N(C)CC3(O)CCCC3)[nH]n2)cc1. The lowest BCUT2D eigenvalue weighted by Crippen LogP contribution is -2.42. The molecule has 2 aromatic rings. The van der Waals surface area contributed by atoms with Crippen LogP contribution in [0.2, 0.25) is 0 Å². The monoisotopic (exact) mass is 329 g/mol. The Morgan fingerprint density at radius 1 is 1.33 bits per heavy atom. The molecule has 6 nitrogen and oxygen atoms in total. The standard InChI is InChI=1S/C18H23N3O3/c1-21(12-18(23)9-3-4-10-18)17(22)16-11-15(19-20-16)13-5-7-14(24-2)8-6-13/h5-8,11,23H,3-4,9-10,12H2,1-2H3,(H,19,20). The van der Waals surface area contributed by atoms with E-state index in [2.05, 4.69) is 10.2 Å². The van der Waals surface area contributed by atoms with Gasteiger partial charge < -0.3 is 14.7 Å². The highest BCUT2D eigenvalue weighted by Gasteiger charge is 2.33. The van der Waals surface area contributed by atoms with Crippen LogP contribution >= 0.6 is 0 Å². The fourth-order valence-electron chi connectivity index (χ4n) is 3.25. The van der Waals surface area contributed by atoms with Crippen LogP contribution in [-0.4, -0.2) is 52.4 Å². The van der Waals surface area contributed by atoms with Crippen molar-refractivity contribution in [3.8, 4) is 17.0 Å². The van der Waals surface area contributed by atoms with Crippen LogP contribution in [-0.2, 0) is 0 Å². The van der Waals surface area contributed by atoms with Gasteiger partial charge in [0.2, 0.25) is 0 Å². The third-order valence-corrected chi connectivity index (χ3v) is 4.61. The number of amides is 1. The van der Waals surface area contributed by atoms with Gasteiger partial charge in [-0.05, 0) is 43.2 Å². The number of aliphatic hydroxyl groups is 1. The summed E-state index contributed by atoms with van der Waals surface area (Å²) in [6, 6.07) is 9.24. The smallest absolute Gasteiger partial charge is 0.271 e. The second-order valence-corrected chi connectivity index (χ2v) is 6.49. The number of aromatic nitrogens is 2. The number of hydrogen-bond acceptors (Lipinski definition) is 4. The van der Waals surface area contributed by atoms with Crippen LogP contribution in [0.3, 0.4) is 0 Å². The van der Waals surface area contributed by atoms with E-state index in [4.69, 9.17) is 4.74 Å². The van der Waals surface area contributed by atoms with Crippen molar-refractivity contribution in [1.29, 1.82) is 0 Å². The van der Waals surface area contributed by atoms with E-state index in [1.807, 2.05) is 24.3 Å². The number of likely N-dealkylation sites (N-methyl/N-ethyl adjacent to an activating group) is 1. The first-order valence-electron chi connectivity index (χ1n) is 8.18. The van der Waals surface area contributed by atoms with Crippen LogP contribution < -0.4 is 4.74 Å². The predicted molar refractivity (Wildman–Crippen MR) is 91.0 cm³/mol. The average Bonchev–Trinajstić information content (AvgIpc) is 3.23. The Hall–Kier alpha value is -2.34. The zero-order chi connectivity index (χ0) is 17.2. The quantitative estimate of drug-likeness (QED) is 0.883. The number of H-pyrrole nitrogens is 1. The number of nitrogens with zero attached hydrogens (tertiary/aromatic N) is 2. The van der Waals surface area contributed by atoms with Crippen molar-refractivity contribution in [2.24, 2.45) is 0 Å². The highest BCUT2D eigenvalue weighted by molar-refractivity contribution is 5.93. The van der Waals surface area contributed by atoms with Gasteiger partial charge in [0.05, 0.1) is 18.4 Å². The maximum atomic E-state index is 12.5. The van der Waals surface area contributed by atoms with Gasteiger partial charge in [-0.3, -0.25) is 9.89 Å². The minimum Gasteiger partial charge on any atom is -0.497 e. The lowest BCUT2D eigenvalue weighted by Gasteiger charge is -2.28. The number of aromatic amines is 1. The summed E-state index contributed by atoms with van der Waals surface area (Å²) < 4.78 is 5.14.